The summed E-state index contributed by atoms with van der Waals surface area (Å²) < 4.78 is 39.4. The lowest BCUT2D eigenvalue weighted by Gasteiger charge is -2.12. The topological polar surface area (TPSA) is 70.4 Å². The van der Waals surface area contributed by atoms with Gasteiger partial charge in [-0.05, 0) is 47.5 Å². The largest absolute Gasteiger partial charge is 0.493 e. The maximum Gasteiger partial charge on any atom is 0.270 e. The molecule has 0 aliphatic carbocycles. The SMILES string of the molecule is COc1ccc(-c2cccc3c2ccn3S(=O)(=O)c2cccc3cccnc23)cc1OC. The van der Waals surface area contributed by atoms with Crippen LogP contribution in [0.15, 0.2) is 90.1 Å². The Kier molecular flexibility index (Phi) is 4.83. The summed E-state index contributed by atoms with van der Waals surface area (Å²) in [5.74, 6) is 1.24. The Balaban J connectivity index is 1.70. The molecule has 0 saturated heterocycles. The van der Waals surface area contributed by atoms with E-state index in [1.54, 1.807) is 50.9 Å². The molecule has 0 atom stereocenters. The van der Waals surface area contributed by atoms with Gasteiger partial charge in [-0.1, -0.05) is 36.4 Å². The number of aromatic nitrogens is 2. The fourth-order valence-electron chi connectivity index (χ4n) is 4.00. The lowest BCUT2D eigenvalue weighted by molar-refractivity contribution is 0.355. The number of ether oxygens (including phenoxy) is 2. The van der Waals surface area contributed by atoms with Gasteiger partial charge in [-0.25, -0.2) is 12.4 Å². The minimum absolute atomic E-state index is 0.171. The first-order valence-electron chi connectivity index (χ1n) is 9.96. The highest BCUT2D eigenvalue weighted by molar-refractivity contribution is 7.90. The fourth-order valence-corrected chi connectivity index (χ4v) is 5.51. The van der Waals surface area contributed by atoms with Crippen molar-refractivity contribution in [2.24, 2.45) is 0 Å². The summed E-state index contributed by atoms with van der Waals surface area (Å²) in [6.45, 7) is 0. The van der Waals surface area contributed by atoms with Crippen molar-refractivity contribution in [3.05, 3.63) is 85.2 Å². The van der Waals surface area contributed by atoms with Crippen LogP contribution in [0.5, 0.6) is 11.5 Å². The molecule has 0 aliphatic rings. The zero-order valence-corrected chi connectivity index (χ0v) is 18.3. The van der Waals surface area contributed by atoms with E-state index in [4.69, 9.17) is 9.47 Å². The van der Waals surface area contributed by atoms with E-state index in [9.17, 15) is 8.42 Å². The van der Waals surface area contributed by atoms with Crippen LogP contribution in [-0.2, 0) is 10.0 Å². The maximum absolute atomic E-state index is 13.6. The smallest absolute Gasteiger partial charge is 0.270 e. The summed E-state index contributed by atoms with van der Waals surface area (Å²) in [7, 11) is -0.686. The highest BCUT2D eigenvalue weighted by atomic mass is 32.2. The maximum atomic E-state index is 13.6. The van der Waals surface area contributed by atoms with Crippen molar-refractivity contribution >= 4 is 31.8 Å². The van der Waals surface area contributed by atoms with Crippen molar-refractivity contribution in [3.63, 3.8) is 0 Å². The average Bonchev–Trinajstić information content (AvgIpc) is 3.28. The monoisotopic (exact) mass is 444 g/mol. The molecule has 160 valence electrons. The number of methoxy groups -OCH3 is 2. The summed E-state index contributed by atoms with van der Waals surface area (Å²) in [6.07, 6.45) is 3.19. The zero-order valence-electron chi connectivity index (χ0n) is 17.5. The van der Waals surface area contributed by atoms with Crippen LogP contribution < -0.4 is 9.47 Å². The highest BCUT2D eigenvalue weighted by Gasteiger charge is 2.23. The van der Waals surface area contributed by atoms with E-state index in [-0.39, 0.29) is 4.90 Å². The van der Waals surface area contributed by atoms with E-state index in [0.29, 0.717) is 22.5 Å². The van der Waals surface area contributed by atoms with Crippen LogP contribution in [0.4, 0.5) is 0 Å². The number of hydrogen-bond acceptors (Lipinski definition) is 5. The van der Waals surface area contributed by atoms with Gasteiger partial charge in [-0.2, -0.15) is 0 Å². The third-order valence-corrected chi connectivity index (χ3v) is 7.25. The molecule has 0 bridgehead atoms. The lowest BCUT2D eigenvalue weighted by Crippen LogP contribution is -2.12. The first kappa shape index (κ1) is 20.1. The number of hydrogen-bond donors (Lipinski definition) is 0. The predicted molar refractivity (Wildman–Crippen MR) is 125 cm³/mol. The standard InChI is InChI=1S/C25H20N2O4S/c1-30-22-12-11-18(16-23(22)31-2)19-8-4-9-21-20(19)13-15-27(21)32(28,29)24-10-3-6-17-7-5-14-26-25(17)24/h3-16H,1-2H3. The van der Waals surface area contributed by atoms with E-state index < -0.39 is 10.0 Å². The van der Waals surface area contributed by atoms with E-state index in [1.807, 2.05) is 48.5 Å². The molecule has 2 heterocycles. The molecule has 5 rings (SSSR count). The van der Waals surface area contributed by atoms with Gasteiger partial charge < -0.3 is 9.47 Å². The molecule has 0 N–H and O–H groups in total. The van der Waals surface area contributed by atoms with E-state index >= 15 is 0 Å². The van der Waals surface area contributed by atoms with Crippen molar-refractivity contribution in [2.75, 3.05) is 14.2 Å². The van der Waals surface area contributed by atoms with Gasteiger partial charge in [0.05, 0.1) is 25.3 Å². The second kappa shape index (κ2) is 7.69. The molecular weight excluding hydrogens is 424 g/mol. The Morgan fingerprint density at radius 1 is 0.844 bits per heavy atom. The number of rotatable bonds is 5. The van der Waals surface area contributed by atoms with Crippen LogP contribution in [0.2, 0.25) is 0 Å². The van der Waals surface area contributed by atoms with Gasteiger partial charge in [0.1, 0.15) is 4.90 Å². The molecule has 0 radical (unpaired) electrons. The van der Waals surface area contributed by atoms with Crippen LogP contribution in [-0.4, -0.2) is 31.6 Å². The van der Waals surface area contributed by atoms with E-state index in [0.717, 1.165) is 21.9 Å². The Bertz CT molecular complexity index is 1570. The minimum Gasteiger partial charge on any atom is -0.493 e. The lowest BCUT2D eigenvalue weighted by atomic mass is 10.0. The number of para-hydroxylation sites is 1. The van der Waals surface area contributed by atoms with E-state index in [1.165, 1.54) is 3.97 Å². The Morgan fingerprint density at radius 3 is 2.44 bits per heavy atom. The average molecular weight is 445 g/mol. The molecule has 3 aromatic carbocycles. The zero-order chi connectivity index (χ0) is 22.3. The first-order chi connectivity index (χ1) is 15.5. The first-order valence-corrected chi connectivity index (χ1v) is 11.4. The summed E-state index contributed by atoms with van der Waals surface area (Å²) in [5.41, 5.74) is 2.83. The van der Waals surface area contributed by atoms with Crippen molar-refractivity contribution < 1.29 is 17.9 Å². The molecule has 0 aliphatic heterocycles. The molecular formula is C25H20N2O4S. The summed E-state index contributed by atoms with van der Waals surface area (Å²) in [4.78, 5) is 4.49. The Labute approximate surface area is 185 Å². The van der Waals surface area contributed by atoms with Gasteiger partial charge >= 0.3 is 0 Å². The quantitative estimate of drug-likeness (QED) is 0.377. The molecule has 0 amide bonds. The van der Waals surface area contributed by atoms with Gasteiger partial charge in [-0.3, -0.25) is 4.98 Å². The Hall–Kier alpha value is -3.84. The second-order valence-electron chi connectivity index (χ2n) is 7.26. The summed E-state index contributed by atoms with van der Waals surface area (Å²) >= 11 is 0. The van der Waals surface area contributed by atoms with Crippen LogP contribution in [0.1, 0.15) is 0 Å². The van der Waals surface area contributed by atoms with Crippen molar-refractivity contribution in [1.82, 2.24) is 8.96 Å². The van der Waals surface area contributed by atoms with Crippen LogP contribution in [0.25, 0.3) is 32.9 Å². The van der Waals surface area contributed by atoms with Gasteiger partial charge in [0.25, 0.3) is 10.0 Å². The third kappa shape index (κ3) is 3.09. The minimum atomic E-state index is -3.86. The van der Waals surface area contributed by atoms with E-state index in [2.05, 4.69) is 4.98 Å². The summed E-state index contributed by atoms with van der Waals surface area (Å²) in [5, 5.41) is 1.59. The number of nitrogens with zero attached hydrogens (tertiary/aromatic N) is 2. The molecule has 0 fully saturated rings. The second-order valence-corrected chi connectivity index (χ2v) is 9.04. The molecule has 32 heavy (non-hydrogen) atoms. The predicted octanol–water partition coefficient (Wildman–Crippen LogP) is 5.11. The van der Waals surface area contributed by atoms with Crippen LogP contribution in [0.3, 0.4) is 0 Å². The molecule has 0 unspecified atom stereocenters. The van der Waals surface area contributed by atoms with Gasteiger partial charge in [-0.15, -0.1) is 0 Å². The van der Waals surface area contributed by atoms with Gasteiger partial charge in [0, 0.05) is 23.2 Å². The van der Waals surface area contributed by atoms with Crippen molar-refractivity contribution in [1.29, 1.82) is 0 Å². The third-order valence-electron chi connectivity index (χ3n) is 5.52. The molecule has 0 saturated carbocycles. The highest BCUT2D eigenvalue weighted by Crippen LogP contribution is 2.36. The van der Waals surface area contributed by atoms with Gasteiger partial charge in [0.2, 0.25) is 0 Å². The molecule has 0 spiro atoms. The molecule has 7 heteroatoms. The number of pyridine rings is 1. The van der Waals surface area contributed by atoms with Crippen LogP contribution in [0, 0.1) is 0 Å². The molecule has 2 aromatic heterocycles. The fraction of sp³-hybridized carbons (Fsp3) is 0.0800. The van der Waals surface area contributed by atoms with Crippen molar-refractivity contribution in [3.8, 4) is 22.6 Å². The normalized spacial score (nSPS) is 11.7. The molecule has 6 nitrogen and oxygen atoms in total. The van der Waals surface area contributed by atoms with Gasteiger partial charge in [0.15, 0.2) is 11.5 Å². The molecule has 5 aromatic rings. The van der Waals surface area contributed by atoms with Crippen LogP contribution >= 0.6 is 0 Å². The summed E-state index contributed by atoms with van der Waals surface area (Å²) in [6, 6.07) is 21.9. The number of fused-ring (bicyclic) bond motifs is 2. The van der Waals surface area contributed by atoms with Crippen molar-refractivity contribution in [2.45, 2.75) is 4.90 Å². The Morgan fingerprint density at radius 2 is 1.62 bits per heavy atom. The number of benzene rings is 3.